The Labute approximate surface area is 149 Å². The van der Waals surface area contributed by atoms with Crippen LogP contribution < -0.4 is 10.9 Å². The second-order valence-corrected chi connectivity index (χ2v) is 6.17. The number of nitrogens with one attached hydrogen (secondary N) is 1. The second kappa shape index (κ2) is 6.48. The Bertz CT molecular complexity index is 1170. The van der Waals surface area contributed by atoms with Gasteiger partial charge in [0.2, 0.25) is 0 Å². The van der Waals surface area contributed by atoms with Gasteiger partial charge in [0.05, 0.1) is 17.4 Å². The molecule has 0 saturated carbocycles. The maximum Gasteiger partial charge on any atom is 0.349 e. The second-order valence-electron chi connectivity index (χ2n) is 6.17. The molecule has 0 aliphatic heterocycles. The fourth-order valence-corrected chi connectivity index (χ4v) is 2.97. The van der Waals surface area contributed by atoms with Gasteiger partial charge in [-0.3, -0.25) is 4.79 Å². The highest BCUT2D eigenvalue weighted by molar-refractivity contribution is 5.96. The number of benzene rings is 2. The Hall–Kier alpha value is -3.41. The van der Waals surface area contributed by atoms with Gasteiger partial charge in [-0.25, -0.2) is 9.78 Å². The maximum atomic E-state index is 12.3. The van der Waals surface area contributed by atoms with E-state index < -0.39 is 11.5 Å². The molecular weight excluding hydrogens is 330 g/mol. The summed E-state index contributed by atoms with van der Waals surface area (Å²) in [6.07, 6.45) is 2.42. The third kappa shape index (κ3) is 2.97. The lowest BCUT2D eigenvalue weighted by molar-refractivity contribution is 0.0950. The summed E-state index contributed by atoms with van der Waals surface area (Å²) in [5.74, 6) is -0.427. The fourth-order valence-electron chi connectivity index (χ4n) is 2.97. The first-order chi connectivity index (χ1) is 12.6. The van der Waals surface area contributed by atoms with Crippen molar-refractivity contribution >= 4 is 27.9 Å². The number of hydrogen-bond donors (Lipinski definition) is 1. The highest BCUT2D eigenvalue weighted by Crippen LogP contribution is 2.14. The number of amides is 1. The Kier molecular flexibility index (Phi) is 4.01. The molecule has 6 heteroatoms. The largest absolute Gasteiger partial charge is 0.422 e. The van der Waals surface area contributed by atoms with Crippen LogP contribution in [0.1, 0.15) is 15.9 Å². The lowest BCUT2D eigenvalue weighted by Crippen LogP contribution is -2.29. The minimum atomic E-state index is -0.629. The normalized spacial score (nSPS) is 11.1. The van der Waals surface area contributed by atoms with E-state index in [1.165, 1.54) is 0 Å². The van der Waals surface area contributed by atoms with Crippen LogP contribution in [0.15, 0.2) is 64.1 Å². The molecule has 130 valence electrons. The first-order valence-electron chi connectivity index (χ1n) is 8.33. The van der Waals surface area contributed by atoms with Crippen LogP contribution in [0.3, 0.4) is 0 Å². The monoisotopic (exact) mass is 347 g/mol. The maximum absolute atomic E-state index is 12.3. The summed E-state index contributed by atoms with van der Waals surface area (Å²) in [4.78, 5) is 28.7. The average Bonchev–Trinajstić information content (AvgIpc) is 3.01. The van der Waals surface area contributed by atoms with E-state index in [4.69, 9.17) is 4.42 Å². The lowest BCUT2D eigenvalue weighted by atomic mass is 10.1. The molecule has 0 aliphatic carbocycles. The van der Waals surface area contributed by atoms with Crippen molar-refractivity contribution in [2.75, 3.05) is 6.54 Å². The van der Waals surface area contributed by atoms with Crippen molar-refractivity contribution in [1.29, 1.82) is 0 Å². The van der Waals surface area contributed by atoms with Crippen molar-refractivity contribution in [1.82, 2.24) is 14.9 Å². The third-order valence-electron chi connectivity index (χ3n) is 4.38. The summed E-state index contributed by atoms with van der Waals surface area (Å²) in [7, 11) is 1.95. The van der Waals surface area contributed by atoms with E-state index in [2.05, 4.69) is 10.3 Å². The standard InChI is InChI=1S/C20H17N3O3/c1-23-12-22-16-10-13(6-7-17(16)23)8-9-21-19(24)15-11-14-4-2-3-5-18(14)26-20(15)25/h2-7,10-12H,8-9H2,1H3,(H,21,24). The predicted molar refractivity (Wildman–Crippen MR) is 99.2 cm³/mol. The zero-order chi connectivity index (χ0) is 18.1. The SMILES string of the molecule is Cn1cnc2cc(CCNC(=O)c3cc4ccccc4oc3=O)ccc21. The Morgan fingerprint density at radius 3 is 2.92 bits per heavy atom. The predicted octanol–water partition coefficient (Wildman–Crippen LogP) is 2.65. The first kappa shape index (κ1) is 16.1. The van der Waals surface area contributed by atoms with Crippen molar-refractivity contribution < 1.29 is 9.21 Å². The molecule has 4 rings (SSSR count). The van der Waals surface area contributed by atoms with Gasteiger partial charge in [0.15, 0.2) is 0 Å². The molecule has 4 aromatic rings. The minimum absolute atomic E-state index is 0.0175. The number of hydrogen-bond acceptors (Lipinski definition) is 4. The summed E-state index contributed by atoms with van der Waals surface area (Å²) in [5, 5.41) is 3.50. The van der Waals surface area contributed by atoms with Crippen LogP contribution in [0, 0.1) is 0 Å². The third-order valence-corrected chi connectivity index (χ3v) is 4.38. The highest BCUT2D eigenvalue weighted by Gasteiger charge is 2.13. The smallest absolute Gasteiger partial charge is 0.349 e. The lowest BCUT2D eigenvalue weighted by Gasteiger charge is -2.06. The number of carbonyl (C=O) groups excluding carboxylic acids is 1. The fraction of sp³-hybridized carbons (Fsp3) is 0.150. The molecule has 2 aromatic carbocycles. The zero-order valence-electron chi connectivity index (χ0n) is 14.2. The van der Waals surface area contributed by atoms with Crippen LogP contribution in [-0.2, 0) is 13.5 Å². The average molecular weight is 347 g/mol. The van der Waals surface area contributed by atoms with Gasteiger partial charge in [0.25, 0.3) is 5.91 Å². The molecule has 1 amide bonds. The molecule has 1 N–H and O–H groups in total. The molecule has 0 saturated heterocycles. The summed E-state index contributed by atoms with van der Waals surface area (Å²) in [6.45, 7) is 0.420. The van der Waals surface area contributed by atoms with Crippen molar-refractivity contribution in [2.24, 2.45) is 7.05 Å². The Morgan fingerprint density at radius 1 is 1.19 bits per heavy atom. The number of aryl methyl sites for hydroxylation is 1. The van der Waals surface area contributed by atoms with Gasteiger partial charge < -0.3 is 14.3 Å². The minimum Gasteiger partial charge on any atom is -0.422 e. The molecule has 0 bridgehead atoms. The van der Waals surface area contributed by atoms with Crippen molar-refractivity contribution in [3.05, 3.63) is 76.4 Å². The van der Waals surface area contributed by atoms with Gasteiger partial charge in [0.1, 0.15) is 11.1 Å². The summed E-state index contributed by atoms with van der Waals surface area (Å²) < 4.78 is 7.16. The highest BCUT2D eigenvalue weighted by atomic mass is 16.4. The number of rotatable bonds is 4. The zero-order valence-corrected chi connectivity index (χ0v) is 14.2. The Morgan fingerprint density at radius 2 is 2.04 bits per heavy atom. The molecule has 0 atom stereocenters. The number of imidazole rings is 1. The molecule has 0 unspecified atom stereocenters. The molecule has 0 aliphatic rings. The van der Waals surface area contributed by atoms with Gasteiger partial charge in [-0.2, -0.15) is 0 Å². The van der Waals surface area contributed by atoms with E-state index >= 15 is 0 Å². The Balaban J connectivity index is 1.46. The summed E-state index contributed by atoms with van der Waals surface area (Å²) >= 11 is 0. The van der Waals surface area contributed by atoms with Gasteiger partial charge in [-0.1, -0.05) is 24.3 Å². The van der Waals surface area contributed by atoms with Gasteiger partial charge >= 0.3 is 5.63 Å². The van der Waals surface area contributed by atoms with Crippen LogP contribution in [0.25, 0.3) is 22.0 Å². The molecule has 2 aromatic heterocycles. The van der Waals surface area contributed by atoms with Crippen molar-refractivity contribution in [3.63, 3.8) is 0 Å². The van der Waals surface area contributed by atoms with Crippen molar-refractivity contribution in [2.45, 2.75) is 6.42 Å². The molecule has 6 nitrogen and oxygen atoms in total. The van der Waals surface area contributed by atoms with E-state index in [0.717, 1.165) is 22.0 Å². The molecule has 2 heterocycles. The molecule has 0 spiro atoms. The summed E-state index contributed by atoms with van der Waals surface area (Å²) in [6, 6.07) is 14.7. The number of carbonyl (C=O) groups is 1. The quantitative estimate of drug-likeness (QED) is 0.576. The van der Waals surface area contributed by atoms with Crippen molar-refractivity contribution in [3.8, 4) is 0 Å². The van der Waals surface area contributed by atoms with Gasteiger partial charge in [0, 0.05) is 19.0 Å². The van der Waals surface area contributed by atoms with Crippen LogP contribution >= 0.6 is 0 Å². The number of aromatic nitrogens is 2. The molecule has 0 fully saturated rings. The van der Waals surface area contributed by atoms with Gasteiger partial charge in [-0.15, -0.1) is 0 Å². The number of fused-ring (bicyclic) bond motifs is 2. The molecular formula is C20H17N3O3. The number of para-hydroxylation sites is 1. The van der Waals surface area contributed by atoms with Crippen LogP contribution in [0.5, 0.6) is 0 Å². The van der Waals surface area contributed by atoms with E-state index in [0.29, 0.717) is 18.5 Å². The van der Waals surface area contributed by atoms with E-state index in [1.807, 2.05) is 35.9 Å². The van der Waals surface area contributed by atoms with Gasteiger partial charge in [-0.05, 0) is 36.2 Å². The number of nitrogens with zero attached hydrogens (tertiary/aromatic N) is 2. The molecule has 0 radical (unpaired) electrons. The van der Waals surface area contributed by atoms with E-state index in [1.54, 1.807) is 30.6 Å². The topological polar surface area (TPSA) is 77.1 Å². The van der Waals surface area contributed by atoms with Crippen LogP contribution in [0.2, 0.25) is 0 Å². The summed E-state index contributed by atoms with van der Waals surface area (Å²) in [5.41, 5.74) is 2.91. The first-order valence-corrected chi connectivity index (χ1v) is 8.33. The van der Waals surface area contributed by atoms with E-state index in [-0.39, 0.29) is 5.56 Å². The molecule has 26 heavy (non-hydrogen) atoms. The van der Waals surface area contributed by atoms with E-state index in [9.17, 15) is 9.59 Å². The van der Waals surface area contributed by atoms with Crippen LogP contribution in [0.4, 0.5) is 0 Å². The van der Waals surface area contributed by atoms with Crippen LogP contribution in [-0.4, -0.2) is 22.0 Å².